The molecule has 2 rings (SSSR count). The Morgan fingerprint density at radius 2 is 1.88 bits per heavy atom. The van der Waals surface area contributed by atoms with Gasteiger partial charge in [-0.25, -0.2) is 4.79 Å². The van der Waals surface area contributed by atoms with Crippen LogP contribution in [-0.4, -0.2) is 24.1 Å². The number of ether oxygens (including phenoxy) is 1. The topological polar surface area (TPSA) is 52.3 Å². The average Bonchev–Trinajstić information content (AvgIpc) is 2.89. The Balaban J connectivity index is 0.000000239. The molecule has 4 heteroatoms. The lowest BCUT2D eigenvalue weighted by Crippen LogP contribution is -2.04. The van der Waals surface area contributed by atoms with Crippen LogP contribution in [0.1, 0.15) is 30.1 Å². The van der Waals surface area contributed by atoms with Gasteiger partial charge in [0, 0.05) is 5.69 Å². The van der Waals surface area contributed by atoms with Crippen molar-refractivity contribution in [2.24, 2.45) is 0 Å². The molecular weight excluding hydrogens is 234 g/mol. The third-order valence-corrected chi connectivity index (χ3v) is 3.40. The van der Waals surface area contributed by atoms with Gasteiger partial charge in [-0.2, -0.15) is 11.8 Å². The second-order valence-electron chi connectivity index (χ2n) is 3.66. The van der Waals surface area contributed by atoms with Gasteiger partial charge in [0.25, 0.3) is 0 Å². The van der Waals surface area contributed by atoms with E-state index >= 15 is 0 Å². The van der Waals surface area contributed by atoms with Gasteiger partial charge in [-0.15, -0.1) is 0 Å². The number of benzene rings is 1. The minimum atomic E-state index is -0.308. The highest BCUT2D eigenvalue weighted by atomic mass is 32.2. The van der Waals surface area contributed by atoms with Crippen LogP contribution in [0.5, 0.6) is 0 Å². The van der Waals surface area contributed by atoms with Gasteiger partial charge in [0.15, 0.2) is 0 Å². The van der Waals surface area contributed by atoms with Crippen LogP contribution in [0.2, 0.25) is 0 Å². The summed E-state index contributed by atoms with van der Waals surface area (Å²) in [5, 5.41) is 0. The van der Waals surface area contributed by atoms with Crippen LogP contribution in [0, 0.1) is 0 Å². The molecule has 0 bridgehead atoms. The number of anilines is 1. The molecule has 1 aromatic rings. The quantitative estimate of drug-likeness (QED) is 0.650. The Bertz CT molecular complexity index is 326. The fourth-order valence-electron chi connectivity index (χ4n) is 1.34. The summed E-state index contributed by atoms with van der Waals surface area (Å²) in [6.07, 6.45) is 2.93. The van der Waals surface area contributed by atoms with Crippen LogP contribution in [-0.2, 0) is 4.74 Å². The number of carbonyl (C=O) groups is 1. The molecule has 0 spiro atoms. The third kappa shape index (κ3) is 5.63. The fraction of sp³-hybridized carbons (Fsp3) is 0.462. The minimum Gasteiger partial charge on any atom is -0.462 e. The van der Waals surface area contributed by atoms with Crippen molar-refractivity contribution in [3.8, 4) is 0 Å². The first-order chi connectivity index (χ1) is 8.24. The predicted molar refractivity (Wildman–Crippen MR) is 73.4 cm³/mol. The van der Waals surface area contributed by atoms with E-state index in [1.165, 1.54) is 24.3 Å². The van der Waals surface area contributed by atoms with Crippen molar-refractivity contribution >= 4 is 23.4 Å². The number of thioether (sulfide) groups is 1. The maximum Gasteiger partial charge on any atom is 0.338 e. The summed E-state index contributed by atoms with van der Waals surface area (Å²) in [5.74, 6) is 2.53. The predicted octanol–water partition coefficient (Wildman–Crippen LogP) is 2.96. The molecule has 1 aliphatic rings. The molecule has 17 heavy (non-hydrogen) atoms. The smallest absolute Gasteiger partial charge is 0.338 e. The molecule has 0 radical (unpaired) electrons. The zero-order valence-corrected chi connectivity index (χ0v) is 11.0. The zero-order valence-electron chi connectivity index (χ0n) is 10.1. The Hall–Kier alpha value is -1.16. The Morgan fingerprint density at radius 3 is 2.29 bits per heavy atom. The van der Waals surface area contributed by atoms with Crippen molar-refractivity contribution in [2.45, 2.75) is 19.8 Å². The van der Waals surface area contributed by atoms with Gasteiger partial charge in [-0.05, 0) is 55.5 Å². The van der Waals surface area contributed by atoms with Gasteiger partial charge in [-0.1, -0.05) is 0 Å². The molecule has 1 fully saturated rings. The van der Waals surface area contributed by atoms with Crippen molar-refractivity contribution in [1.29, 1.82) is 0 Å². The summed E-state index contributed by atoms with van der Waals surface area (Å²) < 4.78 is 4.79. The first-order valence-electron chi connectivity index (χ1n) is 5.84. The maximum atomic E-state index is 11.1. The molecule has 1 saturated heterocycles. The number of hydrogen-bond acceptors (Lipinski definition) is 4. The van der Waals surface area contributed by atoms with Crippen molar-refractivity contribution in [1.82, 2.24) is 0 Å². The van der Waals surface area contributed by atoms with Crippen molar-refractivity contribution < 1.29 is 9.53 Å². The first-order valence-corrected chi connectivity index (χ1v) is 7.00. The molecule has 3 nitrogen and oxygen atoms in total. The van der Waals surface area contributed by atoms with Gasteiger partial charge in [0.05, 0.1) is 12.2 Å². The van der Waals surface area contributed by atoms with Crippen LogP contribution in [0.15, 0.2) is 24.3 Å². The minimum absolute atomic E-state index is 0.308. The van der Waals surface area contributed by atoms with Gasteiger partial charge in [0.2, 0.25) is 0 Å². The molecule has 0 unspecified atom stereocenters. The van der Waals surface area contributed by atoms with E-state index in [1.54, 1.807) is 31.2 Å². The second-order valence-corrected chi connectivity index (χ2v) is 4.89. The van der Waals surface area contributed by atoms with Crippen LogP contribution in [0.3, 0.4) is 0 Å². The molecule has 1 heterocycles. The molecule has 0 aliphatic carbocycles. The van der Waals surface area contributed by atoms with Crippen LogP contribution >= 0.6 is 11.8 Å². The summed E-state index contributed by atoms with van der Waals surface area (Å²) in [7, 11) is 0. The second kappa shape index (κ2) is 8.01. The van der Waals surface area contributed by atoms with Crippen molar-refractivity contribution in [3.05, 3.63) is 29.8 Å². The number of rotatable bonds is 2. The molecule has 2 N–H and O–H groups in total. The molecule has 1 aliphatic heterocycles. The van der Waals surface area contributed by atoms with Crippen molar-refractivity contribution in [3.63, 3.8) is 0 Å². The van der Waals surface area contributed by atoms with Crippen LogP contribution < -0.4 is 5.73 Å². The van der Waals surface area contributed by atoms with Gasteiger partial charge >= 0.3 is 5.97 Å². The standard InChI is InChI=1S/C9H11NO2.C4H8S/c1-2-12-9(11)7-3-5-8(10)6-4-7;1-2-4-5-3-1/h3-6H,2,10H2,1H3;1-4H2. The van der Waals surface area contributed by atoms with E-state index in [4.69, 9.17) is 10.5 Å². The summed E-state index contributed by atoms with van der Waals surface area (Å²) >= 11 is 2.07. The van der Waals surface area contributed by atoms with Crippen molar-refractivity contribution in [2.75, 3.05) is 23.8 Å². The molecule has 1 aromatic carbocycles. The molecule has 0 aromatic heterocycles. The van der Waals surface area contributed by atoms with E-state index in [-0.39, 0.29) is 5.97 Å². The van der Waals surface area contributed by atoms with Gasteiger partial charge in [-0.3, -0.25) is 0 Å². The van der Waals surface area contributed by atoms with E-state index in [1.807, 2.05) is 0 Å². The van der Waals surface area contributed by atoms with E-state index in [0.29, 0.717) is 17.9 Å². The highest BCUT2D eigenvalue weighted by molar-refractivity contribution is 7.99. The lowest BCUT2D eigenvalue weighted by atomic mass is 10.2. The largest absolute Gasteiger partial charge is 0.462 e. The molecule has 94 valence electrons. The number of nitrogens with two attached hydrogens (primary N) is 1. The molecule has 0 amide bonds. The zero-order chi connectivity index (χ0) is 12.5. The van der Waals surface area contributed by atoms with Gasteiger partial charge < -0.3 is 10.5 Å². The fourth-order valence-corrected chi connectivity index (χ4v) is 2.36. The van der Waals surface area contributed by atoms with E-state index in [0.717, 1.165) is 0 Å². The highest BCUT2D eigenvalue weighted by Gasteiger charge is 2.03. The first kappa shape index (κ1) is 13.9. The number of hydrogen-bond donors (Lipinski definition) is 1. The summed E-state index contributed by atoms with van der Waals surface area (Å²) in [4.78, 5) is 11.1. The maximum absolute atomic E-state index is 11.1. The highest BCUT2D eigenvalue weighted by Crippen LogP contribution is 2.14. The lowest BCUT2D eigenvalue weighted by molar-refractivity contribution is 0.0526. The summed E-state index contributed by atoms with van der Waals surface area (Å²) in [5.41, 5.74) is 6.62. The average molecular weight is 253 g/mol. The van der Waals surface area contributed by atoms with E-state index < -0.39 is 0 Å². The van der Waals surface area contributed by atoms with E-state index in [2.05, 4.69) is 11.8 Å². The summed E-state index contributed by atoms with van der Waals surface area (Å²) in [6.45, 7) is 2.17. The monoisotopic (exact) mass is 253 g/mol. The normalized spacial score (nSPS) is 13.7. The van der Waals surface area contributed by atoms with E-state index in [9.17, 15) is 4.79 Å². The Morgan fingerprint density at radius 1 is 1.29 bits per heavy atom. The summed E-state index contributed by atoms with van der Waals surface area (Å²) in [6, 6.07) is 6.64. The third-order valence-electron chi connectivity index (χ3n) is 2.25. The van der Waals surface area contributed by atoms with Crippen LogP contribution in [0.25, 0.3) is 0 Å². The number of nitrogen functional groups attached to an aromatic ring is 1. The molecule has 0 atom stereocenters. The Labute approximate surface area is 107 Å². The SMILES string of the molecule is C1CCSC1.CCOC(=O)c1ccc(N)cc1. The number of carbonyl (C=O) groups excluding carboxylic acids is 1. The lowest BCUT2D eigenvalue weighted by Gasteiger charge is -2.00. The number of esters is 1. The Kier molecular flexibility index (Phi) is 6.55. The van der Waals surface area contributed by atoms with Gasteiger partial charge in [0.1, 0.15) is 0 Å². The molecule has 0 saturated carbocycles. The van der Waals surface area contributed by atoms with Crippen LogP contribution in [0.4, 0.5) is 5.69 Å². The molecular formula is C13H19NO2S.